The average molecular weight is 301 g/mol. The van der Waals surface area contributed by atoms with Crippen molar-refractivity contribution in [3.63, 3.8) is 0 Å². The number of amides is 2. The maximum atomic E-state index is 13.1. The van der Waals surface area contributed by atoms with E-state index < -0.39 is 0 Å². The normalized spacial score (nSPS) is 24.1. The van der Waals surface area contributed by atoms with E-state index >= 15 is 0 Å². The summed E-state index contributed by atoms with van der Waals surface area (Å²) in [4.78, 5) is 17.3. The zero-order valence-corrected chi connectivity index (χ0v) is 13.9. The Labute approximate surface area is 133 Å². The van der Waals surface area contributed by atoms with Crippen LogP contribution in [0.1, 0.15) is 45.2 Å². The number of benzene rings is 1. The van der Waals surface area contributed by atoms with Crippen LogP contribution in [0.5, 0.6) is 0 Å². The van der Waals surface area contributed by atoms with Crippen LogP contribution in [0, 0.1) is 0 Å². The molecule has 0 aliphatic carbocycles. The van der Waals surface area contributed by atoms with Crippen molar-refractivity contribution in [2.45, 2.75) is 51.2 Å². The van der Waals surface area contributed by atoms with Crippen molar-refractivity contribution in [3.05, 3.63) is 35.9 Å². The van der Waals surface area contributed by atoms with Crippen LogP contribution in [-0.4, -0.2) is 47.0 Å². The van der Waals surface area contributed by atoms with Crippen molar-refractivity contribution in [1.29, 1.82) is 0 Å². The van der Waals surface area contributed by atoms with E-state index in [4.69, 9.17) is 0 Å². The van der Waals surface area contributed by atoms with E-state index in [0.29, 0.717) is 6.04 Å². The molecule has 0 spiro atoms. The highest BCUT2D eigenvalue weighted by Gasteiger charge is 2.45. The van der Waals surface area contributed by atoms with Gasteiger partial charge in [0.2, 0.25) is 0 Å². The highest BCUT2D eigenvalue weighted by molar-refractivity contribution is 5.78. The van der Waals surface area contributed by atoms with Crippen molar-refractivity contribution in [2.24, 2.45) is 0 Å². The molecule has 0 saturated carbocycles. The summed E-state index contributed by atoms with van der Waals surface area (Å²) in [6.07, 6.45) is 2.10. The molecule has 0 radical (unpaired) electrons. The number of carbonyl (C=O) groups is 1. The summed E-state index contributed by atoms with van der Waals surface area (Å²) in [6.45, 7) is 9.17. The fraction of sp³-hybridized carbons (Fsp3) is 0.611. The molecule has 1 aromatic rings. The third-order valence-corrected chi connectivity index (χ3v) is 4.84. The molecule has 22 heavy (non-hydrogen) atoms. The molecule has 0 aromatic heterocycles. The lowest BCUT2D eigenvalue weighted by Crippen LogP contribution is -2.49. The van der Waals surface area contributed by atoms with Crippen LogP contribution in [0.3, 0.4) is 0 Å². The largest absolute Gasteiger partial charge is 0.321 e. The third-order valence-electron chi connectivity index (χ3n) is 4.84. The molecule has 0 unspecified atom stereocenters. The summed E-state index contributed by atoms with van der Waals surface area (Å²) in [7, 11) is 0. The minimum Gasteiger partial charge on any atom is -0.317 e. The van der Waals surface area contributed by atoms with Gasteiger partial charge in [0.25, 0.3) is 0 Å². The Bertz CT molecular complexity index is 517. The second-order valence-electron chi connectivity index (χ2n) is 7.38. The van der Waals surface area contributed by atoms with Gasteiger partial charge in [0, 0.05) is 18.1 Å². The van der Waals surface area contributed by atoms with Crippen LogP contribution in [0.15, 0.2) is 30.3 Å². The van der Waals surface area contributed by atoms with Gasteiger partial charge in [-0.15, -0.1) is 0 Å². The van der Waals surface area contributed by atoms with Crippen LogP contribution < -0.4 is 5.32 Å². The number of hydrogen-bond donors (Lipinski definition) is 1. The summed E-state index contributed by atoms with van der Waals surface area (Å²) in [5, 5.41) is 3.40. The molecule has 3 rings (SSSR count). The standard InChI is InChI=1S/C18H27N3O/c1-18(2,3)20-13-16(14-7-5-4-6-8-14)21(17(20)22)15-9-11-19-12-10-15/h4-8,15-16,19H,9-13H2,1-3H3/t16-/m0/s1. The van der Waals surface area contributed by atoms with E-state index in [1.807, 2.05) is 11.0 Å². The highest BCUT2D eigenvalue weighted by Crippen LogP contribution is 2.36. The highest BCUT2D eigenvalue weighted by atomic mass is 16.2. The van der Waals surface area contributed by atoms with E-state index in [1.54, 1.807) is 0 Å². The Kier molecular flexibility index (Phi) is 4.13. The molecule has 2 heterocycles. The zero-order chi connectivity index (χ0) is 15.7. The summed E-state index contributed by atoms with van der Waals surface area (Å²) in [5.74, 6) is 0. The molecule has 2 aliphatic heterocycles. The quantitative estimate of drug-likeness (QED) is 0.911. The molecule has 2 fully saturated rings. The number of piperidine rings is 1. The maximum Gasteiger partial charge on any atom is 0.321 e. The van der Waals surface area contributed by atoms with Crippen LogP contribution in [0.25, 0.3) is 0 Å². The monoisotopic (exact) mass is 301 g/mol. The van der Waals surface area contributed by atoms with Crippen LogP contribution in [0.4, 0.5) is 4.79 Å². The summed E-state index contributed by atoms with van der Waals surface area (Å²) in [6, 6.07) is 11.2. The average Bonchev–Trinajstić information content (AvgIpc) is 2.86. The molecule has 120 valence electrons. The second kappa shape index (κ2) is 5.92. The Balaban J connectivity index is 1.92. The number of urea groups is 1. The van der Waals surface area contributed by atoms with Crippen molar-refractivity contribution in [1.82, 2.24) is 15.1 Å². The van der Waals surface area contributed by atoms with Crippen LogP contribution >= 0.6 is 0 Å². The zero-order valence-electron chi connectivity index (χ0n) is 13.9. The Morgan fingerprint density at radius 2 is 1.73 bits per heavy atom. The number of carbonyl (C=O) groups excluding carboxylic acids is 1. The predicted octanol–water partition coefficient (Wildman–Crippen LogP) is 3.02. The first-order chi connectivity index (χ1) is 10.5. The van der Waals surface area contributed by atoms with Crippen molar-refractivity contribution < 1.29 is 4.79 Å². The molecule has 2 saturated heterocycles. The van der Waals surface area contributed by atoms with E-state index in [-0.39, 0.29) is 17.6 Å². The number of nitrogens with one attached hydrogen (secondary N) is 1. The predicted molar refractivity (Wildman–Crippen MR) is 88.8 cm³/mol. The molecule has 0 bridgehead atoms. The Hall–Kier alpha value is -1.55. The van der Waals surface area contributed by atoms with Gasteiger partial charge in [0.05, 0.1) is 6.04 Å². The lowest BCUT2D eigenvalue weighted by Gasteiger charge is -2.36. The minimum absolute atomic E-state index is 0.133. The maximum absolute atomic E-state index is 13.1. The van der Waals surface area contributed by atoms with Gasteiger partial charge in [0.1, 0.15) is 0 Å². The fourth-order valence-corrected chi connectivity index (χ4v) is 3.61. The van der Waals surface area contributed by atoms with Gasteiger partial charge < -0.3 is 15.1 Å². The smallest absolute Gasteiger partial charge is 0.317 e. The van der Waals surface area contributed by atoms with Crippen molar-refractivity contribution in [3.8, 4) is 0 Å². The van der Waals surface area contributed by atoms with Gasteiger partial charge in [-0.2, -0.15) is 0 Å². The third kappa shape index (κ3) is 2.84. The first-order valence-electron chi connectivity index (χ1n) is 8.34. The minimum atomic E-state index is -0.133. The van der Waals surface area contributed by atoms with Crippen molar-refractivity contribution >= 4 is 6.03 Å². The number of rotatable bonds is 2. The molecule has 1 aromatic carbocycles. The second-order valence-corrected chi connectivity index (χ2v) is 7.38. The van der Waals surface area contributed by atoms with Gasteiger partial charge in [-0.1, -0.05) is 30.3 Å². The van der Waals surface area contributed by atoms with Gasteiger partial charge in [0.15, 0.2) is 0 Å². The SMILES string of the molecule is CC(C)(C)N1C[C@@H](c2ccccc2)N(C2CCNCC2)C1=O. The molecular weight excluding hydrogens is 274 g/mol. The van der Waals surface area contributed by atoms with Gasteiger partial charge in [-0.05, 0) is 52.3 Å². The molecule has 4 nitrogen and oxygen atoms in total. The van der Waals surface area contributed by atoms with Crippen LogP contribution in [-0.2, 0) is 0 Å². The molecule has 4 heteroatoms. The lowest BCUT2D eigenvalue weighted by molar-refractivity contribution is 0.134. The fourth-order valence-electron chi connectivity index (χ4n) is 3.61. The van der Waals surface area contributed by atoms with Crippen LogP contribution in [0.2, 0.25) is 0 Å². The van der Waals surface area contributed by atoms with E-state index in [1.165, 1.54) is 5.56 Å². The molecule has 2 amide bonds. The number of hydrogen-bond acceptors (Lipinski definition) is 2. The molecular formula is C18H27N3O. The summed E-state index contributed by atoms with van der Waals surface area (Å²) < 4.78 is 0. The summed E-state index contributed by atoms with van der Waals surface area (Å²) >= 11 is 0. The molecule has 2 aliphatic rings. The van der Waals surface area contributed by atoms with E-state index in [0.717, 1.165) is 32.5 Å². The molecule has 1 atom stereocenters. The first-order valence-corrected chi connectivity index (χ1v) is 8.34. The lowest BCUT2D eigenvalue weighted by atomic mass is 10.00. The van der Waals surface area contributed by atoms with Gasteiger partial charge in [-0.3, -0.25) is 0 Å². The number of nitrogens with zero attached hydrogens (tertiary/aromatic N) is 2. The topological polar surface area (TPSA) is 35.6 Å². The van der Waals surface area contributed by atoms with E-state index in [2.05, 4.69) is 55.3 Å². The summed E-state index contributed by atoms with van der Waals surface area (Å²) in [5.41, 5.74) is 1.12. The van der Waals surface area contributed by atoms with Crippen molar-refractivity contribution in [2.75, 3.05) is 19.6 Å². The molecule has 1 N–H and O–H groups in total. The van der Waals surface area contributed by atoms with Gasteiger partial charge in [-0.25, -0.2) is 4.79 Å². The van der Waals surface area contributed by atoms with Gasteiger partial charge >= 0.3 is 6.03 Å². The Morgan fingerprint density at radius 1 is 1.09 bits per heavy atom. The van der Waals surface area contributed by atoms with E-state index in [9.17, 15) is 4.79 Å². The Morgan fingerprint density at radius 3 is 2.32 bits per heavy atom. The first kappa shape index (κ1) is 15.3.